The SMILES string of the molecule is Cc1csc(C=C(CNC(C)C)C2CCCCC2)n1. The van der Waals surface area contributed by atoms with Crippen LogP contribution in [0.25, 0.3) is 6.08 Å². The molecule has 0 saturated heterocycles. The molecule has 106 valence electrons. The van der Waals surface area contributed by atoms with Crippen LogP contribution in [0.1, 0.15) is 56.7 Å². The molecule has 0 radical (unpaired) electrons. The summed E-state index contributed by atoms with van der Waals surface area (Å²) in [4.78, 5) is 4.59. The first kappa shape index (κ1) is 14.7. The molecule has 0 aliphatic heterocycles. The molecule has 1 heterocycles. The Morgan fingerprint density at radius 1 is 1.42 bits per heavy atom. The number of aryl methyl sites for hydroxylation is 1. The van der Waals surface area contributed by atoms with Crippen molar-refractivity contribution in [1.82, 2.24) is 10.3 Å². The van der Waals surface area contributed by atoms with Crippen LogP contribution in [0.15, 0.2) is 11.0 Å². The highest BCUT2D eigenvalue weighted by molar-refractivity contribution is 7.10. The van der Waals surface area contributed by atoms with Gasteiger partial charge in [-0.25, -0.2) is 4.98 Å². The Kier molecular flexibility index (Phi) is 5.59. The van der Waals surface area contributed by atoms with Crippen LogP contribution in [0.4, 0.5) is 0 Å². The molecule has 1 N–H and O–H groups in total. The number of nitrogens with one attached hydrogen (secondary N) is 1. The minimum absolute atomic E-state index is 0.546. The maximum absolute atomic E-state index is 4.59. The topological polar surface area (TPSA) is 24.9 Å². The first-order valence-electron chi connectivity index (χ1n) is 7.51. The lowest BCUT2D eigenvalue weighted by molar-refractivity contribution is 0.394. The van der Waals surface area contributed by atoms with Crippen molar-refractivity contribution < 1.29 is 0 Å². The van der Waals surface area contributed by atoms with E-state index in [9.17, 15) is 0 Å². The molecule has 0 unspecified atom stereocenters. The molecule has 1 aliphatic carbocycles. The summed E-state index contributed by atoms with van der Waals surface area (Å²) in [6.45, 7) is 7.51. The Labute approximate surface area is 121 Å². The predicted molar refractivity (Wildman–Crippen MR) is 84.5 cm³/mol. The van der Waals surface area contributed by atoms with E-state index in [4.69, 9.17) is 0 Å². The van der Waals surface area contributed by atoms with Crippen molar-refractivity contribution in [3.63, 3.8) is 0 Å². The molecule has 1 aromatic heterocycles. The summed E-state index contributed by atoms with van der Waals surface area (Å²) in [5.74, 6) is 0.768. The third-order valence-electron chi connectivity index (χ3n) is 3.79. The first-order valence-corrected chi connectivity index (χ1v) is 8.39. The number of rotatable bonds is 5. The molecule has 2 nitrogen and oxygen atoms in total. The Morgan fingerprint density at radius 3 is 2.74 bits per heavy atom. The molecule has 19 heavy (non-hydrogen) atoms. The van der Waals surface area contributed by atoms with Gasteiger partial charge in [-0.3, -0.25) is 0 Å². The van der Waals surface area contributed by atoms with Crippen molar-refractivity contribution in [2.75, 3.05) is 6.54 Å². The number of nitrogens with zero attached hydrogens (tertiary/aromatic N) is 1. The third-order valence-corrected chi connectivity index (χ3v) is 4.70. The fourth-order valence-electron chi connectivity index (χ4n) is 2.71. The van der Waals surface area contributed by atoms with Crippen molar-refractivity contribution >= 4 is 17.4 Å². The Bertz CT molecular complexity index is 414. The van der Waals surface area contributed by atoms with E-state index >= 15 is 0 Å². The van der Waals surface area contributed by atoms with E-state index in [0.29, 0.717) is 6.04 Å². The van der Waals surface area contributed by atoms with Gasteiger partial charge in [0.15, 0.2) is 0 Å². The van der Waals surface area contributed by atoms with Crippen molar-refractivity contribution in [3.05, 3.63) is 21.7 Å². The van der Waals surface area contributed by atoms with Gasteiger partial charge in [0.25, 0.3) is 0 Å². The van der Waals surface area contributed by atoms with Crippen molar-refractivity contribution in [3.8, 4) is 0 Å². The molecule has 1 aromatic rings. The summed E-state index contributed by atoms with van der Waals surface area (Å²) in [6.07, 6.45) is 9.24. The largest absolute Gasteiger partial charge is 0.311 e. The molecular formula is C16H26N2S. The van der Waals surface area contributed by atoms with Gasteiger partial charge < -0.3 is 5.32 Å². The number of thiazole rings is 1. The highest BCUT2D eigenvalue weighted by Gasteiger charge is 2.18. The fourth-order valence-corrected chi connectivity index (χ4v) is 3.47. The second-order valence-electron chi connectivity index (χ2n) is 5.92. The fraction of sp³-hybridized carbons (Fsp3) is 0.688. The summed E-state index contributed by atoms with van der Waals surface area (Å²) in [7, 11) is 0. The normalized spacial score (nSPS) is 18.2. The highest BCUT2D eigenvalue weighted by Crippen LogP contribution is 2.31. The minimum atomic E-state index is 0.546. The number of hydrogen-bond acceptors (Lipinski definition) is 3. The van der Waals surface area contributed by atoms with Crippen LogP contribution in [0.3, 0.4) is 0 Å². The smallest absolute Gasteiger partial charge is 0.116 e. The maximum atomic E-state index is 4.59. The Morgan fingerprint density at radius 2 is 2.16 bits per heavy atom. The summed E-state index contributed by atoms with van der Waals surface area (Å²) >= 11 is 1.76. The summed E-state index contributed by atoms with van der Waals surface area (Å²) < 4.78 is 0. The summed E-state index contributed by atoms with van der Waals surface area (Å²) in [5, 5.41) is 6.89. The minimum Gasteiger partial charge on any atom is -0.311 e. The van der Waals surface area contributed by atoms with Gasteiger partial charge in [0.05, 0.1) is 0 Å². The van der Waals surface area contributed by atoms with E-state index < -0.39 is 0 Å². The molecule has 0 atom stereocenters. The zero-order valence-corrected chi connectivity index (χ0v) is 13.2. The van der Waals surface area contributed by atoms with Gasteiger partial charge in [-0.2, -0.15) is 0 Å². The second kappa shape index (κ2) is 7.20. The lowest BCUT2D eigenvalue weighted by Crippen LogP contribution is -2.27. The average molecular weight is 278 g/mol. The lowest BCUT2D eigenvalue weighted by atomic mass is 9.83. The van der Waals surface area contributed by atoms with E-state index in [1.807, 2.05) is 0 Å². The number of hydrogen-bond donors (Lipinski definition) is 1. The molecule has 1 saturated carbocycles. The molecule has 0 aromatic carbocycles. The van der Waals surface area contributed by atoms with E-state index in [1.54, 1.807) is 16.9 Å². The van der Waals surface area contributed by atoms with Crippen LogP contribution in [-0.4, -0.2) is 17.6 Å². The van der Waals surface area contributed by atoms with E-state index in [-0.39, 0.29) is 0 Å². The predicted octanol–water partition coefficient (Wildman–Crippen LogP) is 4.41. The van der Waals surface area contributed by atoms with Crippen molar-refractivity contribution in [1.29, 1.82) is 0 Å². The molecule has 1 fully saturated rings. The first-order chi connectivity index (χ1) is 9.15. The van der Waals surface area contributed by atoms with Crippen LogP contribution < -0.4 is 5.32 Å². The molecule has 1 aliphatic rings. The second-order valence-corrected chi connectivity index (χ2v) is 6.81. The molecule has 0 bridgehead atoms. The zero-order chi connectivity index (χ0) is 13.7. The van der Waals surface area contributed by atoms with Crippen LogP contribution in [0, 0.1) is 12.8 Å². The lowest BCUT2D eigenvalue weighted by Gasteiger charge is -2.25. The van der Waals surface area contributed by atoms with Crippen LogP contribution in [0.2, 0.25) is 0 Å². The van der Waals surface area contributed by atoms with Gasteiger partial charge in [0.2, 0.25) is 0 Å². The molecule has 2 rings (SSSR count). The van der Waals surface area contributed by atoms with Crippen LogP contribution in [0.5, 0.6) is 0 Å². The Balaban J connectivity index is 2.10. The van der Waals surface area contributed by atoms with Crippen molar-refractivity contribution in [2.45, 2.75) is 58.9 Å². The number of aromatic nitrogens is 1. The molecule has 0 spiro atoms. The third kappa shape index (κ3) is 4.73. The monoisotopic (exact) mass is 278 g/mol. The van der Waals surface area contributed by atoms with Gasteiger partial charge in [0.1, 0.15) is 5.01 Å². The standard InChI is InChI=1S/C16H26N2S/c1-12(2)17-10-15(14-7-5-4-6-8-14)9-16-18-13(3)11-19-16/h9,11-12,14,17H,4-8,10H2,1-3H3. The van der Waals surface area contributed by atoms with Crippen LogP contribution in [-0.2, 0) is 0 Å². The molecular weight excluding hydrogens is 252 g/mol. The molecule has 3 heteroatoms. The quantitative estimate of drug-likeness (QED) is 0.862. The Hall–Kier alpha value is -0.670. The van der Waals surface area contributed by atoms with Crippen LogP contribution >= 0.6 is 11.3 Å². The zero-order valence-electron chi connectivity index (χ0n) is 12.4. The van der Waals surface area contributed by atoms with Gasteiger partial charge >= 0.3 is 0 Å². The van der Waals surface area contributed by atoms with E-state index in [1.165, 1.54) is 37.1 Å². The maximum Gasteiger partial charge on any atom is 0.116 e. The van der Waals surface area contributed by atoms with Gasteiger partial charge in [-0.05, 0) is 31.8 Å². The van der Waals surface area contributed by atoms with Gasteiger partial charge in [-0.1, -0.05) is 38.7 Å². The molecule has 0 amide bonds. The summed E-state index contributed by atoms with van der Waals surface area (Å²) in [6, 6.07) is 0.546. The summed E-state index contributed by atoms with van der Waals surface area (Å²) in [5.41, 5.74) is 2.69. The van der Waals surface area contributed by atoms with E-state index in [2.05, 4.69) is 42.5 Å². The van der Waals surface area contributed by atoms with E-state index in [0.717, 1.165) is 18.2 Å². The average Bonchev–Trinajstić information content (AvgIpc) is 2.81. The van der Waals surface area contributed by atoms with Crippen molar-refractivity contribution in [2.24, 2.45) is 5.92 Å². The van der Waals surface area contributed by atoms with Gasteiger partial charge in [-0.15, -0.1) is 11.3 Å². The van der Waals surface area contributed by atoms with Gasteiger partial charge in [0, 0.05) is 23.7 Å². The highest BCUT2D eigenvalue weighted by atomic mass is 32.1.